The Morgan fingerprint density at radius 3 is 2.76 bits per heavy atom. The van der Waals surface area contributed by atoms with E-state index in [2.05, 4.69) is 10.3 Å². The van der Waals surface area contributed by atoms with Crippen LogP contribution >= 0.6 is 0 Å². The molecule has 1 saturated heterocycles. The monoisotopic (exact) mass is 254 g/mol. The Balaban J connectivity index is 1.64. The molecular formula is C12H18N2O2S. The van der Waals surface area contributed by atoms with Crippen LogP contribution in [0.25, 0.3) is 0 Å². The summed E-state index contributed by atoms with van der Waals surface area (Å²) >= 11 is 0. The molecule has 17 heavy (non-hydrogen) atoms. The molecule has 0 aromatic carbocycles. The molecule has 2 heterocycles. The van der Waals surface area contributed by atoms with Crippen LogP contribution in [-0.2, 0) is 16.3 Å². The van der Waals surface area contributed by atoms with Gasteiger partial charge in [0.25, 0.3) is 0 Å². The topological polar surface area (TPSA) is 59.1 Å². The molecule has 1 aromatic rings. The molecule has 1 unspecified atom stereocenters. The summed E-state index contributed by atoms with van der Waals surface area (Å²) in [6.07, 6.45) is 5.35. The van der Waals surface area contributed by atoms with Crippen molar-refractivity contribution in [1.29, 1.82) is 0 Å². The van der Waals surface area contributed by atoms with E-state index < -0.39 is 9.84 Å². The lowest BCUT2D eigenvalue weighted by Crippen LogP contribution is -2.25. The Labute approximate surface area is 102 Å². The summed E-state index contributed by atoms with van der Waals surface area (Å²) in [6.45, 7) is 1.70. The van der Waals surface area contributed by atoms with Gasteiger partial charge in [-0.3, -0.25) is 4.98 Å². The average Bonchev–Trinajstić information content (AvgIpc) is 2.66. The van der Waals surface area contributed by atoms with Crippen molar-refractivity contribution in [3.63, 3.8) is 0 Å². The van der Waals surface area contributed by atoms with Crippen LogP contribution in [-0.4, -0.2) is 38.0 Å². The summed E-state index contributed by atoms with van der Waals surface area (Å²) in [5.41, 5.74) is 1.26. The largest absolute Gasteiger partial charge is 0.316 e. The van der Waals surface area contributed by atoms with Gasteiger partial charge in [0, 0.05) is 12.4 Å². The highest BCUT2D eigenvalue weighted by atomic mass is 32.2. The van der Waals surface area contributed by atoms with Gasteiger partial charge in [-0.2, -0.15) is 0 Å². The number of sulfone groups is 1. The summed E-state index contributed by atoms with van der Waals surface area (Å²) in [5.74, 6) is 1.02. The van der Waals surface area contributed by atoms with Crippen LogP contribution in [0.2, 0.25) is 0 Å². The molecule has 0 amide bonds. The van der Waals surface area contributed by atoms with Gasteiger partial charge in [-0.25, -0.2) is 8.42 Å². The molecular weight excluding hydrogens is 236 g/mol. The normalized spacial score (nSPS) is 22.7. The van der Waals surface area contributed by atoms with E-state index in [9.17, 15) is 8.42 Å². The predicted molar refractivity (Wildman–Crippen MR) is 67.6 cm³/mol. The second kappa shape index (κ2) is 5.60. The molecule has 4 nitrogen and oxygen atoms in total. The van der Waals surface area contributed by atoms with Gasteiger partial charge >= 0.3 is 0 Å². The Kier molecular flexibility index (Phi) is 4.12. The second-order valence-electron chi connectivity index (χ2n) is 4.58. The number of aromatic nitrogens is 1. The number of rotatable bonds is 5. The van der Waals surface area contributed by atoms with E-state index in [1.165, 1.54) is 5.56 Å². The fraction of sp³-hybridized carbons (Fsp3) is 0.583. The Morgan fingerprint density at radius 1 is 1.35 bits per heavy atom. The van der Waals surface area contributed by atoms with Crippen molar-refractivity contribution < 1.29 is 8.42 Å². The molecule has 1 N–H and O–H groups in total. The van der Waals surface area contributed by atoms with Gasteiger partial charge < -0.3 is 5.32 Å². The smallest absolute Gasteiger partial charge is 0.150 e. The minimum atomic E-state index is -2.73. The minimum absolute atomic E-state index is 0.303. The van der Waals surface area contributed by atoms with Gasteiger partial charge in [0.15, 0.2) is 9.84 Å². The molecule has 1 aliphatic rings. The third-order valence-corrected chi connectivity index (χ3v) is 4.94. The van der Waals surface area contributed by atoms with Crippen molar-refractivity contribution >= 4 is 9.84 Å². The number of nitrogens with zero attached hydrogens (tertiary/aromatic N) is 1. The van der Waals surface area contributed by atoms with Crippen molar-refractivity contribution in [2.45, 2.75) is 12.8 Å². The van der Waals surface area contributed by atoms with Gasteiger partial charge in [0.1, 0.15) is 0 Å². The zero-order valence-electron chi connectivity index (χ0n) is 9.80. The molecule has 0 saturated carbocycles. The van der Waals surface area contributed by atoms with E-state index in [1.807, 2.05) is 12.1 Å². The second-order valence-corrected chi connectivity index (χ2v) is 6.81. The molecule has 5 heteroatoms. The molecule has 2 rings (SSSR count). The Bertz CT molecular complexity index is 445. The van der Waals surface area contributed by atoms with Crippen molar-refractivity contribution in [2.75, 3.05) is 24.6 Å². The standard InChI is InChI=1S/C12H18N2O2S/c15-17(16)8-4-12(10-17)9-14-7-3-11-1-5-13-6-2-11/h1-2,5-6,12,14H,3-4,7-10H2. The lowest BCUT2D eigenvalue weighted by atomic mass is 10.1. The van der Waals surface area contributed by atoms with Crippen LogP contribution in [0.5, 0.6) is 0 Å². The lowest BCUT2D eigenvalue weighted by molar-refractivity contribution is 0.523. The summed E-state index contributed by atoms with van der Waals surface area (Å²) in [7, 11) is -2.73. The van der Waals surface area contributed by atoms with Gasteiger partial charge in [0.05, 0.1) is 11.5 Å². The zero-order valence-corrected chi connectivity index (χ0v) is 10.6. The van der Waals surface area contributed by atoms with E-state index in [1.54, 1.807) is 12.4 Å². The fourth-order valence-corrected chi connectivity index (χ4v) is 3.98. The third-order valence-electron chi connectivity index (χ3n) is 3.10. The van der Waals surface area contributed by atoms with Gasteiger partial charge in [-0.05, 0) is 49.5 Å². The first-order chi connectivity index (χ1) is 8.16. The number of hydrogen-bond donors (Lipinski definition) is 1. The number of hydrogen-bond acceptors (Lipinski definition) is 4. The summed E-state index contributed by atoms with van der Waals surface area (Å²) in [6, 6.07) is 4.00. The van der Waals surface area contributed by atoms with Crippen LogP contribution in [0, 0.1) is 5.92 Å². The molecule has 1 aromatic heterocycles. The molecule has 94 valence electrons. The van der Waals surface area contributed by atoms with E-state index in [-0.39, 0.29) is 0 Å². The van der Waals surface area contributed by atoms with Crippen LogP contribution in [0.3, 0.4) is 0 Å². The first-order valence-corrected chi connectivity index (χ1v) is 7.78. The van der Waals surface area contributed by atoms with Crippen LogP contribution in [0.1, 0.15) is 12.0 Å². The fourth-order valence-electron chi connectivity index (χ4n) is 2.12. The molecule has 0 aliphatic carbocycles. The first-order valence-electron chi connectivity index (χ1n) is 5.96. The average molecular weight is 254 g/mol. The number of pyridine rings is 1. The maximum atomic E-state index is 11.3. The predicted octanol–water partition coefficient (Wildman–Crippen LogP) is 0.648. The maximum absolute atomic E-state index is 11.3. The Hall–Kier alpha value is -0.940. The van der Waals surface area contributed by atoms with E-state index in [0.717, 1.165) is 25.9 Å². The minimum Gasteiger partial charge on any atom is -0.316 e. The van der Waals surface area contributed by atoms with E-state index >= 15 is 0 Å². The van der Waals surface area contributed by atoms with Gasteiger partial charge in [0.2, 0.25) is 0 Å². The van der Waals surface area contributed by atoms with Crippen LogP contribution in [0.15, 0.2) is 24.5 Å². The van der Waals surface area contributed by atoms with Gasteiger partial charge in [-0.1, -0.05) is 0 Å². The van der Waals surface area contributed by atoms with Gasteiger partial charge in [-0.15, -0.1) is 0 Å². The summed E-state index contributed by atoms with van der Waals surface area (Å²) < 4.78 is 22.5. The van der Waals surface area contributed by atoms with Crippen molar-refractivity contribution in [2.24, 2.45) is 5.92 Å². The van der Waals surface area contributed by atoms with E-state index in [4.69, 9.17) is 0 Å². The molecule has 0 radical (unpaired) electrons. The molecule has 1 fully saturated rings. The highest BCUT2D eigenvalue weighted by molar-refractivity contribution is 7.91. The van der Waals surface area contributed by atoms with Crippen LogP contribution in [0.4, 0.5) is 0 Å². The summed E-state index contributed by atoms with van der Waals surface area (Å²) in [4.78, 5) is 3.97. The molecule has 1 aliphatic heterocycles. The highest BCUT2D eigenvalue weighted by Gasteiger charge is 2.27. The number of nitrogens with one attached hydrogen (secondary N) is 1. The molecule has 1 atom stereocenters. The van der Waals surface area contributed by atoms with E-state index in [0.29, 0.717) is 17.4 Å². The van der Waals surface area contributed by atoms with Crippen molar-refractivity contribution in [1.82, 2.24) is 10.3 Å². The molecule has 0 bridgehead atoms. The SMILES string of the molecule is O=S1(=O)CCC(CNCCc2ccncc2)C1. The summed E-state index contributed by atoms with van der Waals surface area (Å²) in [5, 5.41) is 3.33. The zero-order chi connectivity index (χ0) is 12.1. The lowest BCUT2D eigenvalue weighted by Gasteiger charge is -2.09. The highest BCUT2D eigenvalue weighted by Crippen LogP contribution is 2.17. The quantitative estimate of drug-likeness (QED) is 0.784. The molecule has 0 spiro atoms. The van der Waals surface area contributed by atoms with Crippen molar-refractivity contribution in [3.05, 3.63) is 30.1 Å². The first kappa shape index (κ1) is 12.5. The van der Waals surface area contributed by atoms with Crippen molar-refractivity contribution in [3.8, 4) is 0 Å². The Morgan fingerprint density at radius 2 is 2.12 bits per heavy atom. The van der Waals surface area contributed by atoms with Crippen LogP contribution < -0.4 is 5.32 Å². The third kappa shape index (κ3) is 4.09. The maximum Gasteiger partial charge on any atom is 0.150 e.